The second kappa shape index (κ2) is 8.77. The Morgan fingerprint density at radius 1 is 1.21 bits per heavy atom. The van der Waals surface area contributed by atoms with E-state index in [2.05, 4.69) is 4.98 Å². The minimum absolute atomic E-state index is 0.0561. The number of hydrogen-bond acceptors (Lipinski definition) is 6. The molecule has 1 amide bonds. The number of pyridine rings is 1. The number of anilines is 1. The molecule has 1 heterocycles. The Morgan fingerprint density at radius 3 is 2.36 bits per heavy atom. The van der Waals surface area contributed by atoms with Gasteiger partial charge in [0, 0.05) is 12.1 Å². The van der Waals surface area contributed by atoms with Crippen LogP contribution in [0.1, 0.15) is 44.4 Å². The lowest BCUT2D eigenvalue weighted by Gasteiger charge is -2.37. The van der Waals surface area contributed by atoms with Crippen LogP contribution >= 0.6 is 11.8 Å². The van der Waals surface area contributed by atoms with Crippen LogP contribution in [-0.4, -0.2) is 26.6 Å². The fourth-order valence-corrected chi connectivity index (χ4v) is 3.56. The first-order valence-corrected chi connectivity index (χ1v) is 9.68. The standard InChI is InChI=1S/C21H23N5OS/c1-14(28-19-17(12-23)10-16(11-22)18(24)25-19)20(27)26(21(2,3)4)13-15-8-6-5-7-9-15/h5-10,14H,13H2,1-4H3,(H2,24,25)/t14-/m0/s1. The predicted octanol–water partition coefficient (Wildman–Crippen LogP) is 3.72. The summed E-state index contributed by atoms with van der Waals surface area (Å²) in [6.45, 7) is 8.24. The molecule has 0 unspecified atom stereocenters. The smallest absolute Gasteiger partial charge is 0.236 e. The minimum Gasteiger partial charge on any atom is -0.383 e. The average molecular weight is 394 g/mol. The Hall–Kier alpha value is -3.03. The number of benzene rings is 1. The largest absolute Gasteiger partial charge is 0.383 e. The van der Waals surface area contributed by atoms with Crippen molar-refractivity contribution in [2.24, 2.45) is 0 Å². The lowest BCUT2D eigenvalue weighted by Crippen LogP contribution is -2.48. The van der Waals surface area contributed by atoms with Gasteiger partial charge < -0.3 is 10.6 Å². The Kier molecular flexibility index (Phi) is 6.66. The molecule has 0 spiro atoms. The first kappa shape index (κ1) is 21.3. The molecule has 2 rings (SSSR count). The molecule has 0 aliphatic rings. The number of carbonyl (C=O) groups excluding carboxylic acids is 1. The second-order valence-electron chi connectivity index (χ2n) is 7.34. The van der Waals surface area contributed by atoms with Crippen molar-refractivity contribution in [3.05, 3.63) is 53.1 Å². The van der Waals surface area contributed by atoms with E-state index in [1.165, 1.54) is 17.8 Å². The van der Waals surface area contributed by atoms with E-state index in [9.17, 15) is 10.1 Å². The van der Waals surface area contributed by atoms with E-state index in [1.54, 1.807) is 6.92 Å². The third-order valence-electron chi connectivity index (χ3n) is 4.15. The van der Waals surface area contributed by atoms with Gasteiger partial charge in [-0.1, -0.05) is 42.1 Å². The van der Waals surface area contributed by atoms with Crippen molar-refractivity contribution < 1.29 is 4.79 Å². The predicted molar refractivity (Wildman–Crippen MR) is 110 cm³/mol. The summed E-state index contributed by atoms with van der Waals surface area (Å²) >= 11 is 1.18. The van der Waals surface area contributed by atoms with Crippen LogP contribution in [0.4, 0.5) is 5.82 Å². The molecule has 0 bridgehead atoms. The fraction of sp³-hybridized carbons (Fsp3) is 0.333. The third kappa shape index (κ3) is 5.03. The Labute approximate surface area is 170 Å². The molecule has 1 aromatic heterocycles. The quantitative estimate of drug-likeness (QED) is 0.776. The lowest BCUT2D eigenvalue weighted by atomic mass is 10.0. The SMILES string of the molecule is C[C@H](Sc1nc(N)c(C#N)cc1C#N)C(=O)N(Cc1ccccc1)C(C)(C)C. The summed E-state index contributed by atoms with van der Waals surface area (Å²) in [6.07, 6.45) is 0. The van der Waals surface area contributed by atoms with E-state index in [4.69, 9.17) is 11.0 Å². The van der Waals surface area contributed by atoms with E-state index in [1.807, 2.05) is 68.1 Å². The molecule has 0 fully saturated rings. The monoisotopic (exact) mass is 393 g/mol. The van der Waals surface area contributed by atoms with Crippen molar-refractivity contribution in [3.8, 4) is 12.1 Å². The highest BCUT2D eigenvalue weighted by molar-refractivity contribution is 8.00. The van der Waals surface area contributed by atoms with Gasteiger partial charge in [0.2, 0.25) is 5.91 Å². The normalized spacial score (nSPS) is 11.9. The van der Waals surface area contributed by atoms with Crippen molar-refractivity contribution in [2.75, 3.05) is 5.73 Å². The van der Waals surface area contributed by atoms with Crippen molar-refractivity contribution in [2.45, 2.75) is 50.1 Å². The van der Waals surface area contributed by atoms with E-state index in [0.717, 1.165) is 5.56 Å². The number of amides is 1. The van der Waals surface area contributed by atoms with E-state index >= 15 is 0 Å². The second-order valence-corrected chi connectivity index (χ2v) is 8.67. The molecular formula is C21H23N5OS. The molecule has 144 valence electrons. The van der Waals surface area contributed by atoms with Crippen molar-refractivity contribution >= 4 is 23.5 Å². The van der Waals surface area contributed by atoms with Gasteiger partial charge in [-0.3, -0.25) is 4.79 Å². The summed E-state index contributed by atoms with van der Waals surface area (Å²) in [5.74, 6) is -0.00409. The van der Waals surface area contributed by atoms with Crippen molar-refractivity contribution in [1.29, 1.82) is 10.5 Å². The van der Waals surface area contributed by atoms with E-state index < -0.39 is 5.25 Å². The van der Waals surface area contributed by atoms with Crippen LogP contribution in [0.2, 0.25) is 0 Å². The maximum absolute atomic E-state index is 13.2. The highest BCUT2D eigenvalue weighted by atomic mass is 32.2. The summed E-state index contributed by atoms with van der Waals surface area (Å²) in [5, 5.41) is 18.3. The fourth-order valence-electron chi connectivity index (χ4n) is 2.62. The summed E-state index contributed by atoms with van der Waals surface area (Å²) in [7, 11) is 0. The number of nitrogen functional groups attached to an aromatic ring is 1. The van der Waals surface area contributed by atoms with Gasteiger partial charge in [0.05, 0.1) is 16.4 Å². The zero-order chi connectivity index (χ0) is 20.9. The summed E-state index contributed by atoms with van der Waals surface area (Å²) in [5.41, 5.74) is 6.84. The number of nitrogens with two attached hydrogens (primary N) is 1. The number of aromatic nitrogens is 1. The molecule has 0 aliphatic carbocycles. The summed E-state index contributed by atoms with van der Waals surface area (Å²) in [6, 6.07) is 15.2. The van der Waals surface area contributed by atoms with Gasteiger partial charge in [-0.2, -0.15) is 10.5 Å². The molecule has 1 atom stereocenters. The van der Waals surface area contributed by atoms with Crippen LogP contribution in [0.5, 0.6) is 0 Å². The Morgan fingerprint density at radius 2 is 1.82 bits per heavy atom. The first-order chi connectivity index (χ1) is 13.2. The molecule has 2 N–H and O–H groups in total. The maximum atomic E-state index is 13.2. The van der Waals surface area contributed by atoms with Crippen LogP contribution in [0.25, 0.3) is 0 Å². The molecule has 1 aromatic carbocycles. The van der Waals surface area contributed by atoms with Gasteiger partial charge in [-0.25, -0.2) is 4.98 Å². The Balaban J connectivity index is 2.28. The first-order valence-electron chi connectivity index (χ1n) is 8.80. The highest BCUT2D eigenvalue weighted by Gasteiger charge is 2.31. The maximum Gasteiger partial charge on any atom is 0.236 e. The molecule has 0 radical (unpaired) electrons. The highest BCUT2D eigenvalue weighted by Crippen LogP contribution is 2.30. The number of nitriles is 2. The van der Waals surface area contributed by atoms with Gasteiger partial charge in [0.25, 0.3) is 0 Å². The molecule has 0 aliphatic heterocycles. The van der Waals surface area contributed by atoms with Crippen molar-refractivity contribution in [1.82, 2.24) is 9.88 Å². The number of hydrogen-bond donors (Lipinski definition) is 1. The Bertz CT molecular complexity index is 938. The van der Waals surface area contributed by atoms with Crippen LogP contribution in [0, 0.1) is 22.7 Å². The zero-order valence-electron chi connectivity index (χ0n) is 16.4. The molecule has 0 saturated carbocycles. The summed E-state index contributed by atoms with van der Waals surface area (Å²) in [4.78, 5) is 19.2. The minimum atomic E-state index is -0.477. The number of thioether (sulfide) groups is 1. The zero-order valence-corrected chi connectivity index (χ0v) is 17.2. The number of carbonyl (C=O) groups is 1. The molecule has 28 heavy (non-hydrogen) atoms. The van der Waals surface area contributed by atoms with Crippen LogP contribution < -0.4 is 5.73 Å². The average Bonchev–Trinajstić information content (AvgIpc) is 2.65. The van der Waals surface area contributed by atoms with Crippen LogP contribution in [0.15, 0.2) is 41.4 Å². The van der Waals surface area contributed by atoms with Gasteiger partial charge in [0.15, 0.2) is 0 Å². The van der Waals surface area contributed by atoms with E-state index in [-0.39, 0.29) is 28.4 Å². The molecule has 0 saturated heterocycles. The topological polar surface area (TPSA) is 107 Å². The lowest BCUT2D eigenvalue weighted by molar-refractivity contribution is -0.135. The molecule has 2 aromatic rings. The summed E-state index contributed by atoms with van der Waals surface area (Å²) < 4.78 is 0. The van der Waals surface area contributed by atoms with Crippen molar-refractivity contribution in [3.63, 3.8) is 0 Å². The number of nitrogens with zero attached hydrogens (tertiary/aromatic N) is 4. The van der Waals surface area contributed by atoms with Crippen LogP contribution in [0.3, 0.4) is 0 Å². The molecule has 7 heteroatoms. The molecular weight excluding hydrogens is 370 g/mol. The van der Waals surface area contributed by atoms with Gasteiger partial charge in [0.1, 0.15) is 23.0 Å². The van der Waals surface area contributed by atoms with Gasteiger partial charge >= 0.3 is 0 Å². The molecule has 6 nitrogen and oxygen atoms in total. The van der Waals surface area contributed by atoms with Gasteiger partial charge in [-0.05, 0) is 39.3 Å². The van der Waals surface area contributed by atoms with Gasteiger partial charge in [-0.15, -0.1) is 0 Å². The van der Waals surface area contributed by atoms with Crippen LogP contribution in [-0.2, 0) is 11.3 Å². The number of rotatable bonds is 5. The van der Waals surface area contributed by atoms with E-state index in [0.29, 0.717) is 11.6 Å². The third-order valence-corrected chi connectivity index (χ3v) is 5.24.